The van der Waals surface area contributed by atoms with Gasteiger partial charge < -0.3 is 9.72 Å². The fourth-order valence-electron chi connectivity index (χ4n) is 2.76. The van der Waals surface area contributed by atoms with Gasteiger partial charge in [-0.1, -0.05) is 32.9 Å². The van der Waals surface area contributed by atoms with E-state index >= 15 is 0 Å². The average molecular weight is 400 g/mol. The van der Waals surface area contributed by atoms with Crippen LogP contribution >= 0.6 is 15.9 Å². The minimum Gasteiger partial charge on any atom is -0.346 e. The summed E-state index contributed by atoms with van der Waals surface area (Å²) in [5.74, 6) is -0.0876. The van der Waals surface area contributed by atoms with Gasteiger partial charge in [0, 0.05) is 22.4 Å². The number of halogens is 1. The molecule has 0 fully saturated rings. The summed E-state index contributed by atoms with van der Waals surface area (Å²) >= 11 is 3.49. The third-order valence-corrected chi connectivity index (χ3v) is 4.63. The molecule has 0 saturated carbocycles. The molecule has 0 saturated heterocycles. The Morgan fingerprint density at radius 2 is 1.88 bits per heavy atom. The number of benzene rings is 1. The number of hydrogen-bond acceptors (Lipinski definition) is 2. The number of carbonyl (C=O) groups is 1. The van der Waals surface area contributed by atoms with Gasteiger partial charge in [-0.3, -0.25) is 4.79 Å². The van der Waals surface area contributed by atoms with Crippen LogP contribution in [0.3, 0.4) is 0 Å². The summed E-state index contributed by atoms with van der Waals surface area (Å²) in [7, 11) is 0. The molecule has 1 amide bonds. The highest BCUT2D eigenvalue weighted by Crippen LogP contribution is 2.22. The van der Waals surface area contributed by atoms with Crippen LogP contribution in [0.4, 0.5) is 0 Å². The Morgan fingerprint density at radius 1 is 1.20 bits per heavy atom. The zero-order chi connectivity index (χ0) is 18.2. The third-order valence-electron chi connectivity index (χ3n) is 4.19. The molecule has 2 heterocycles. The highest BCUT2D eigenvalue weighted by Gasteiger charge is 2.14. The van der Waals surface area contributed by atoms with Gasteiger partial charge in [0.05, 0.1) is 12.2 Å². The number of imidazole rings is 1. The van der Waals surface area contributed by atoms with Gasteiger partial charge in [-0.05, 0) is 57.6 Å². The first kappa shape index (κ1) is 17.7. The highest BCUT2D eigenvalue weighted by molar-refractivity contribution is 9.10. The Kier molecular flexibility index (Phi) is 4.69. The number of aromatic nitrogens is 2. The second-order valence-electron chi connectivity index (χ2n) is 7.31. The maximum atomic E-state index is 12.4. The number of carbonyl (C=O) groups excluding carboxylic acids is 1. The predicted molar refractivity (Wildman–Crippen MR) is 104 cm³/mol. The van der Waals surface area contributed by atoms with Crippen molar-refractivity contribution in [1.29, 1.82) is 0 Å². The molecule has 2 aromatic heterocycles. The molecule has 0 radical (unpaired) electrons. The Hall–Kier alpha value is -2.14. The second-order valence-corrected chi connectivity index (χ2v) is 8.23. The maximum absolute atomic E-state index is 12.4. The number of pyridine rings is 1. The molecule has 0 atom stereocenters. The van der Waals surface area contributed by atoms with Crippen LogP contribution in [0, 0.1) is 6.92 Å². The Bertz CT molecular complexity index is 921. The SMILES string of the molecule is Cc1cc(Br)cn2cc(CNC(=O)c3ccc(C(C)(C)C)cc3)nc12. The Morgan fingerprint density at radius 3 is 2.52 bits per heavy atom. The zero-order valence-electron chi connectivity index (χ0n) is 14.9. The van der Waals surface area contributed by atoms with Crippen molar-refractivity contribution in [2.75, 3.05) is 0 Å². The lowest BCUT2D eigenvalue weighted by Crippen LogP contribution is -2.23. The van der Waals surface area contributed by atoms with E-state index in [4.69, 9.17) is 0 Å². The van der Waals surface area contributed by atoms with Gasteiger partial charge in [-0.2, -0.15) is 0 Å². The van der Waals surface area contributed by atoms with Crippen molar-refractivity contribution in [3.05, 3.63) is 69.6 Å². The van der Waals surface area contributed by atoms with Gasteiger partial charge in [0.25, 0.3) is 5.91 Å². The lowest BCUT2D eigenvalue weighted by molar-refractivity contribution is 0.0950. The van der Waals surface area contributed by atoms with Crippen LogP contribution in [-0.2, 0) is 12.0 Å². The van der Waals surface area contributed by atoms with Crippen molar-refractivity contribution in [2.45, 2.75) is 39.7 Å². The molecule has 3 rings (SSSR count). The summed E-state index contributed by atoms with van der Waals surface area (Å²) in [6.45, 7) is 8.90. The summed E-state index contributed by atoms with van der Waals surface area (Å²) < 4.78 is 2.98. The monoisotopic (exact) mass is 399 g/mol. The minimum absolute atomic E-state index is 0.0810. The van der Waals surface area contributed by atoms with Crippen molar-refractivity contribution in [1.82, 2.24) is 14.7 Å². The summed E-state index contributed by atoms with van der Waals surface area (Å²) in [6.07, 6.45) is 3.90. The predicted octanol–water partition coefficient (Wildman–Crippen LogP) is 4.63. The first-order chi connectivity index (χ1) is 11.7. The molecule has 25 heavy (non-hydrogen) atoms. The van der Waals surface area contributed by atoms with Gasteiger partial charge >= 0.3 is 0 Å². The van der Waals surface area contributed by atoms with E-state index in [9.17, 15) is 4.79 Å². The maximum Gasteiger partial charge on any atom is 0.251 e. The fraction of sp³-hybridized carbons (Fsp3) is 0.300. The van der Waals surface area contributed by atoms with E-state index in [2.05, 4.69) is 47.0 Å². The Balaban J connectivity index is 1.71. The summed E-state index contributed by atoms with van der Waals surface area (Å²) in [6, 6.07) is 9.81. The normalized spacial score (nSPS) is 11.7. The lowest BCUT2D eigenvalue weighted by atomic mass is 9.87. The van der Waals surface area contributed by atoms with E-state index in [0.29, 0.717) is 12.1 Å². The van der Waals surface area contributed by atoms with E-state index in [1.807, 2.05) is 54.0 Å². The molecule has 0 unspecified atom stereocenters. The minimum atomic E-state index is -0.0876. The van der Waals surface area contributed by atoms with Crippen LogP contribution in [-0.4, -0.2) is 15.3 Å². The van der Waals surface area contributed by atoms with Gasteiger partial charge in [0.1, 0.15) is 5.65 Å². The molecule has 4 nitrogen and oxygen atoms in total. The molecular formula is C20H22BrN3O. The number of fused-ring (bicyclic) bond motifs is 1. The van der Waals surface area contributed by atoms with Crippen molar-refractivity contribution in [3.63, 3.8) is 0 Å². The van der Waals surface area contributed by atoms with E-state index in [1.165, 1.54) is 5.56 Å². The van der Waals surface area contributed by atoms with E-state index < -0.39 is 0 Å². The van der Waals surface area contributed by atoms with Crippen LogP contribution in [0.15, 0.2) is 47.2 Å². The average Bonchev–Trinajstić information content (AvgIpc) is 2.95. The van der Waals surface area contributed by atoms with Crippen molar-refractivity contribution in [3.8, 4) is 0 Å². The van der Waals surface area contributed by atoms with Gasteiger partial charge in [-0.25, -0.2) is 4.98 Å². The van der Waals surface area contributed by atoms with Crippen LogP contribution < -0.4 is 5.32 Å². The molecule has 1 aromatic carbocycles. The molecule has 5 heteroatoms. The first-order valence-electron chi connectivity index (χ1n) is 8.26. The van der Waals surface area contributed by atoms with E-state index in [1.54, 1.807) is 0 Å². The molecular weight excluding hydrogens is 378 g/mol. The van der Waals surface area contributed by atoms with Crippen molar-refractivity contribution >= 4 is 27.5 Å². The summed E-state index contributed by atoms with van der Waals surface area (Å²) in [5.41, 5.74) is 4.78. The highest BCUT2D eigenvalue weighted by atomic mass is 79.9. The smallest absolute Gasteiger partial charge is 0.251 e. The second kappa shape index (κ2) is 6.64. The molecule has 0 spiro atoms. The Labute approximate surface area is 156 Å². The zero-order valence-corrected chi connectivity index (χ0v) is 16.5. The third kappa shape index (κ3) is 3.93. The van der Waals surface area contributed by atoms with Gasteiger partial charge in [-0.15, -0.1) is 0 Å². The van der Waals surface area contributed by atoms with Crippen molar-refractivity contribution in [2.24, 2.45) is 0 Å². The summed E-state index contributed by atoms with van der Waals surface area (Å²) in [4.78, 5) is 17.0. The molecule has 3 aromatic rings. The number of nitrogens with one attached hydrogen (secondary N) is 1. The van der Waals surface area contributed by atoms with Crippen molar-refractivity contribution < 1.29 is 4.79 Å². The largest absolute Gasteiger partial charge is 0.346 e. The van der Waals surface area contributed by atoms with Gasteiger partial charge in [0.15, 0.2) is 0 Å². The van der Waals surface area contributed by atoms with E-state index in [-0.39, 0.29) is 11.3 Å². The molecule has 0 aliphatic heterocycles. The first-order valence-corrected chi connectivity index (χ1v) is 9.06. The number of hydrogen-bond donors (Lipinski definition) is 1. The topological polar surface area (TPSA) is 46.4 Å². The van der Waals surface area contributed by atoms with Crippen LogP contribution in [0.1, 0.15) is 48.0 Å². The standard InChI is InChI=1S/C20H22BrN3O/c1-13-9-16(21)11-24-12-17(23-18(13)24)10-22-19(25)14-5-7-15(8-6-14)20(2,3)4/h5-9,11-12H,10H2,1-4H3,(H,22,25). The van der Waals surface area contributed by atoms with Crippen LogP contribution in [0.2, 0.25) is 0 Å². The fourth-order valence-corrected chi connectivity index (χ4v) is 3.32. The number of amides is 1. The summed E-state index contributed by atoms with van der Waals surface area (Å²) in [5, 5.41) is 2.94. The van der Waals surface area contributed by atoms with Crippen LogP contribution in [0.5, 0.6) is 0 Å². The number of aryl methyl sites for hydroxylation is 1. The van der Waals surface area contributed by atoms with Crippen LogP contribution in [0.25, 0.3) is 5.65 Å². The van der Waals surface area contributed by atoms with Gasteiger partial charge in [0.2, 0.25) is 0 Å². The van der Waals surface area contributed by atoms with E-state index in [0.717, 1.165) is 21.4 Å². The number of rotatable bonds is 3. The molecule has 0 aliphatic carbocycles. The lowest BCUT2D eigenvalue weighted by Gasteiger charge is -2.19. The number of nitrogens with zero attached hydrogens (tertiary/aromatic N) is 2. The molecule has 0 aliphatic rings. The quantitative estimate of drug-likeness (QED) is 0.697. The molecule has 1 N–H and O–H groups in total. The molecule has 0 bridgehead atoms. The molecule has 130 valence electrons.